The Kier molecular flexibility index (Phi) is 3.05. The first-order chi connectivity index (χ1) is 9.76. The van der Waals surface area contributed by atoms with Gasteiger partial charge in [-0.25, -0.2) is 12.8 Å². The fourth-order valence-corrected chi connectivity index (χ4v) is 4.77. The fourth-order valence-electron chi connectivity index (χ4n) is 2.68. The van der Waals surface area contributed by atoms with Crippen molar-refractivity contribution in [2.45, 2.75) is 18.9 Å². The van der Waals surface area contributed by atoms with Crippen molar-refractivity contribution in [2.24, 2.45) is 0 Å². The molecule has 1 aromatic heterocycles. The molecule has 0 radical (unpaired) electrons. The minimum Gasteiger partial charge on any atom is -0.351 e. The zero-order valence-electron chi connectivity index (χ0n) is 11.4. The van der Waals surface area contributed by atoms with E-state index in [1.165, 1.54) is 12.1 Å². The molecule has 0 aliphatic carbocycles. The van der Waals surface area contributed by atoms with Crippen LogP contribution in [0.3, 0.4) is 0 Å². The summed E-state index contributed by atoms with van der Waals surface area (Å²) in [5, 5.41) is 3.36. The van der Waals surface area contributed by atoms with Gasteiger partial charge in [0, 0.05) is 10.9 Å². The molecule has 1 aromatic carbocycles. The topological polar surface area (TPSA) is 79.0 Å². The number of nitrogens with one attached hydrogen (secondary N) is 2. The number of amides is 1. The Morgan fingerprint density at radius 2 is 2.14 bits per heavy atom. The van der Waals surface area contributed by atoms with Gasteiger partial charge >= 0.3 is 0 Å². The molecule has 1 aliphatic rings. The summed E-state index contributed by atoms with van der Waals surface area (Å²) in [6.45, 7) is 1.72. The predicted octanol–water partition coefficient (Wildman–Crippen LogP) is 1.61. The molecule has 0 bridgehead atoms. The normalized spacial score (nSPS) is 24.3. The van der Waals surface area contributed by atoms with Crippen molar-refractivity contribution in [3.63, 3.8) is 0 Å². The average Bonchev–Trinajstić information content (AvgIpc) is 2.90. The van der Waals surface area contributed by atoms with E-state index in [9.17, 15) is 17.6 Å². The van der Waals surface area contributed by atoms with Gasteiger partial charge in [0.05, 0.1) is 17.0 Å². The number of H-pyrrole nitrogens is 1. The largest absolute Gasteiger partial charge is 0.351 e. The number of carbonyl (C=O) groups is 1. The first-order valence-electron chi connectivity index (χ1n) is 6.58. The third-order valence-electron chi connectivity index (χ3n) is 3.75. The molecule has 1 amide bonds. The van der Waals surface area contributed by atoms with Crippen LogP contribution in [-0.4, -0.2) is 36.4 Å². The number of carbonyl (C=O) groups excluding carboxylic acids is 1. The smallest absolute Gasteiger partial charge is 0.268 e. The molecule has 3 rings (SSSR count). The van der Waals surface area contributed by atoms with E-state index in [4.69, 9.17) is 0 Å². The summed E-state index contributed by atoms with van der Waals surface area (Å²) in [6, 6.07) is 5.76. The third kappa shape index (κ3) is 2.78. The number of fused-ring (bicyclic) bond motifs is 1. The average molecular weight is 310 g/mol. The van der Waals surface area contributed by atoms with E-state index in [-0.39, 0.29) is 23.2 Å². The number of benzene rings is 1. The Bertz CT molecular complexity index is 828. The Labute approximate surface area is 121 Å². The highest BCUT2D eigenvalue weighted by molar-refractivity contribution is 7.91. The summed E-state index contributed by atoms with van der Waals surface area (Å²) in [6.07, 6.45) is 0.399. The molecule has 0 saturated carbocycles. The van der Waals surface area contributed by atoms with Crippen molar-refractivity contribution >= 4 is 26.6 Å². The van der Waals surface area contributed by atoms with E-state index in [1.807, 2.05) is 0 Å². The van der Waals surface area contributed by atoms with Crippen LogP contribution >= 0.6 is 0 Å². The number of rotatable bonds is 2. The second kappa shape index (κ2) is 4.56. The fraction of sp³-hybridized carbons (Fsp3) is 0.357. The van der Waals surface area contributed by atoms with Gasteiger partial charge in [-0.05, 0) is 37.6 Å². The molecule has 1 unspecified atom stereocenters. The number of sulfone groups is 1. The molecule has 7 heteroatoms. The van der Waals surface area contributed by atoms with Crippen molar-refractivity contribution in [2.75, 3.05) is 11.5 Å². The molecule has 1 aliphatic heterocycles. The molecule has 5 nitrogen and oxygen atoms in total. The highest BCUT2D eigenvalue weighted by atomic mass is 32.2. The summed E-state index contributed by atoms with van der Waals surface area (Å²) in [5.41, 5.74) is 0.199. The molecule has 2 heterocycles. The van der Waals surface area contributed by atoms with Crippen LogP contribution in [0.5, 0.6) is 0 Å². The molecule has 1 saturated heterocycles. The molecular weight excluding hydrogens is 295 g/mol. The van der Waals surface area contributed by atoms with Gasteiger partial charge in [-0.2, -0.15) is 0 Å². The third-order valence-corrected chi connectivity index (χ3v) is 5.65. The Hall–Kier alpha value is -1.89. The van der Waals surface area contributed by atoms with Crippen LogP contribution in [0.2, 0.25) is 0 Å². The Morgan fingerprint density at radius 1 is 1.38 bits per heavy atom. The van der Waals surface area contributed by atoms with Crippen LogP contribution in [-0.2, 0) is 9.84 Å². The quantitative estimate of drug-likeness (QED) is 0.884. The molecule has 112 valence electrons. The van der Waals surface area contributed by atoms with Crippen molar-refractivity contribution < 1.29 is 17.6 Å². The summed E-state index contributed by atoms with van der Waals surface area (Å²) in [7, 11) is -3.09. The van der Waals surface area contributed by atoms with Crippen LogP contribution in [0.15, 0.2) is 24.3 Å². The molecule has 2 N–H and O–H groups in total. The van der Waals surface area contributed by atoms with E-state index in [0.717, 1.165) is 0 Å². The van der Waals surface area contributed by atoms with Crippen LogP contribution in [0.4, 0.5) is 4.39 Å². The first kappa shape index (κ1) is 14.1. The van der Waals surface area contributed by atoms with Gasteiger partial charge in [0.25, 0.3) is 5.91 Å². The standard InChI is InChI=1S/C14H15FN2O3S/c1-14(4-5-21(19,20)8-14)17-13(18)12-7-9-6-10(15)2-3-11(9)16-12/h2-3,6-7,16H,4-5,8H2,1H3,(H,17,18). The first-order valence-corrected chi connectivity index (χ1v) is 8.40. The van der Waals surface area contributed by atoms with E-state index in [1.54, 1.807) is 19.1 Å². The van der Waals surface area contributed by atoms with Crippen molar-refractivity contribution in [1.29, 1.82) is 0 Å². The highest BCUT2D eigenvalue weighted by Crippen LogP contribution is 2.24. The van der Waals surface area contributed by atoms with E-state index in [0.29, 0.717) is 23.0 Å². The SMILES string of the molecule is CC1(NC(=O)c2cc3cc(F)ccc3[nH]2)CCS(=O)(=O)C1. The van der Waals surface area contributed by atoms with Crippen molar-refractivity contribution in [3.05, 3.63) is 35.8 Å². The number of hydrogen-bond donors (Lipinski definition) is 2. The Balaban J connectivity index is 1.84. The minimum absolute atomic E-state index is 0.0550. The molecular formula is C14H15FN2O3S. The zero-order chi connectivity index (χ0) is 15.3. The summed E-state index contributed by atoms with van der Waals surface area (Å²) in [4.78, 5) is 15.1. The van der Waals surface area contributed by atoms with Crippen LogP contribution in [0.25, 0.3) is 10.9 Å². The lowest BCUT2D eigenvalue weighted by atomic mass is 10.0. The lowest BCUT2D eigenvalue weighted by Gasteiger charge is -2.23. The monoisotopic (exact) mass is 310 g/mol. The molecule has 1 fully saturated rings. The maximum atomic E-state index is 13.1. The van der Waals surface area contributed by atoms with Crippen LogP contribution in [0.1, 0.15) is 23.8 Å². The van der Waals surface area contributed by atoms with Gasteiger partial charge in [0.2, 0.25) is 0 Å². The maximum Gasteiger partial charge on any atom is 0.268 e. The zero-order valence-corrected chi connectivity index (χ0v) is 12.3. The second-order valence-corrected chi connectivity index (χ2v) is 7.96. The van der Waals surface area contributed by atoms with Gasteiger partial charge in [0.15, 0.2) is 9.84 Å². The van der Waals surface area contributed by atoms with E-state index >= 15 is 0 Å². The molecule has 1 atom stereocenters. The molecule has 21 heavy (non-hydrogen) atoms. The molecule has 0 spiro atoms. The van der Waals surface area contributed by atoms with E-state index in [2.05, 4.69) is 10.3 Å². The van der Waals surface area contributed by atoms with Crippen LogP contribution in [0, 0.1) is 5.82 Å². The van der Waals surface area contributed by atoms with Gasteiger partial charge in [0.1, 0.15) is 11.5 Å². The van der Waals surface area contributed by atoms with Gasteiger partial charge < -0.3 is 10.3 Å². The number of aromatic nitrogens is 1. The summed E-state index contributed by atoms with van der Waals surface area (Å²) < 4.78 is 36.2. The number of aromatic amines is 1. The molecule has 2 aromatic rings. The van der Waals surface area contributed by atoms with Gasteiger partial charge in [-0.3, -0.25) is 4.79 Å². The second-order valence-electron chi connectivity index (χ2n) is 5.77. The summed E-state index contributed by atoms with van der Waals surface area (Å²) >= 11 is 0. The van der Waals surface area contributed by atoms with Crippen molar-refractivity contribution in [1.82, 2.24) is 10.3 Å². The lowest BCUT2D eigenvalue weighted by Crippen LogP contribution is -2.47. The van der Waals surface area contributed by atoms with Crippen molar-refractivity contribution in [3.8, 4) is 0 Å². The minimum atomic E-state index is -3.09. The van der Waals surface area contributed by atoms with E-state index < -0.39 is 15.4 Å². The Morgan fingerprint density at radius 3 is 2.81 bits per heavy atom. The maximum absolute atomic E-state index is 13.1. The van der Waals surface area contributed by atoms with Crippen LogP contribution < -0.4 is 5.32 Å². The predicted molar refractivity (Wildman–Crippen MR) is 77.4 cm³/mol. The summed E-state index contributed by atoms with van der Waals surface area (Å²) in [5.74, 6) is -0.726. The van der Waals surface area contributed by atoms with Gasteiger partial charge in [-0.15, -0.1) is 0 Å². The highest BCUT2D eigenvalue weighted by Gasteiger charge is 2.39. The number of hydrogen-bond acceptors (Lipinski definition) is 3. The number of halogens is 1. The lowest BCUT2D eigenvalue weighted by molar-refractivity contribution is 0.0911. The van der Waals surface area contributed by atoms with Gasteiger partial charge in [-0.1, -0.05) is 0 Å².